The van der Waals surface area contributed by atoms with Crippen molar-refractivity contribution in [2.24, 2.45) is 22.7 Å². The lowest BCUT2D eigenvalue weighted by Crippen LogP contribution is -2.43. The van der Waals surface area contributed by atoms with Crippen LogP contribution in [0.2, 0.25) is 0 Å². The van der Waals surface area contributed by atoms with Crippen molar-refractivity contribution in [3.63, 3.8) is 0 Å². The molecule has 0 heterocycles. The van der Waals surface area contributed by atoms with Gasteiger partial charge < -0.3 is 0 Å². The SMILES string of the molecule is CC(C)[C@@](C)(C1CCCC1)C(C)(C)C. The van der Waals surface area contributed by atoms with Gasteiger partial charge in [0.05, 0.1) is 0 Å². The zero-order chi connectivity index (χ0) is 11.0. The van der Waals surface area contributed by atoms with Gasteiger partial charge in [-0.15, -0.1) is 0 Å². The monoisotopic (exact) mass is 196 g/mol. The van der Waals surface area contributed by atoms with Gasteiger partial charge in [0.1, 0.15) is 0 Å². The third kappa shape index (κ3) is 1.85. The van der Waals surface area contributed by atoms with E-state index >= 15 is 0 Å². The Labute approximate surface area is 90.5 Å². The first-order valence-corrected chi connectivity index (χ1v) is 6.30. The molecule has 84 valence electrons. The van der Waals surface area contributed by atoms with Crippen molar-refractivity contribution in [2.45, 2.75) is 67.2 Å². The van der Waals surface area contributed by atoms with Crippen LogP contribution in [-0.2, 0) is 0 Å². The number of rotatable bonds is 2. The van der Waals surface area contributed by atoms with Crippen LogP contribution in [-0.4, -0.2) is 0 Å². The first-order valence-electron chi connectivity index (χ1n) is 6.30. The molecule has 1 fully saturated rings. The van der Waals surface area contributed by atoms with Gasteiger partial charge in [-0.05, 0) is 35.5 Å². The van der Waals surface area contributed by atoms with Crippen LogP contribution in [0, 0.1) is 22.7 Å². The molecule has 14 heavy (non-hydrogen) atoms. The van der Waals surface area contributed by atoms with Gasteiger partial charge in [-0.1, -0.05) is 54.4 Å². The number of hydrogen-bond acceptors (Lipinski definition) is 0. The molecule has 0 aromatic rings. The Morgan fingerprint density at radius 3 is 1.64 bits per heavy atom. The van der Waals surface area contributed by atoms with Gasteiger partial charge in [-0.3, -0.25) is 0 Å². The van der Waals surface area contributed by atoms with E-state index in [0.717, 1.165) is 11.8 Å². The second-order valence-corrected chi connectivity index (χ2v) is 6.67. The summed E-state index contributed by atoms with van der Waals surface area (Å²) in [5, 5.41) is 0. The second kappa shape index (κ2) is 3.87. The number of hydrogen-bond donors (Lipinski definition) is 0. The molecule has 1 aliphatic carbocycles. The lowest BCUT2D eigenvalue weighted by Gasteiger charge is -2.50. The lowest BCUT2D eigenvalue weighted by atomic mass is 9.55. The standard InChI is InChI=1S/C14H28/c1-11(2)14(6,13(3,4)5)12-9-7-8-10-12/h11-12H,7-10H2,1-6H3/t14-/m0/s1. The van der Waals surface area contributed by atoms with E-state index in [-0.39, 0.29) is 0 Å². The molecule has 0 aromatic heterocycles. The first kappa shape index (κ1) is 12.1. The zero-order valence-corrected chi connectivity index (χ0v) is 11.0. The van der Waals surface area contributed by atoms with Crippen LogP contribution in [0.15, 0.2) is 0 Å². The van der Waals surface area contributed by atoms with E-state index in [9.17, 15) is 0 Å². The van der Waals surface area contributed by atoms with Crippen molar-refractivity contribution in [3.05, 3.63) is 0 Å². The maximum Gasteiger partial charge on any atom is -0.0226 e. The van der Waals surface area contributed by atoms with E-state index in [4.69, 9.17) is 0 Å². The Bertz CT molecular complexity index is 179. The maximum atomic E-state index is 2.52. The average molecular weight is 196 g/mol. The molecule has 0 aliphatic heterocycles. The highest BCUT2D eigenvalue weighted by Crippen LogP contribution is 2.54. The predicted octanol–water partition coefficient (Wildman–Crippen LogP) is 4.89. The topological polar surface area (TPSA) is 0 Å². The van der Waals surface area contributed by atoms with Crippen molar-refractivity contribution in [3.8, 4) is 0 Å². The van der Waals surface area contributed by atoms with E-state index < -0.39 is 0 Å². The summed E-state index contributed by atoms with van der Waals surface area (Å²) in [4.78, 5) is 0. The minimum Gasteiger partial charge on any atom is -0.0622 e. The van der Waals surface area contributed by atoms with E-state index in [1.807, 2.05) is 0 Å². The van der Waals surface area contributed by atoms with Gasteiger partial charge in [-0.2, -0.15) is 0 Å². The van der Waals surface area contributed by atoms with Crippen LogP contribution >= 0.6 is 0 Å². The Hall–Kier alpha value is 0. The summed E-state index contributed by atoms with van der Waals surface area (Å²) in [5.74, 6) is 1.76. The molecule has 0 spiro atoms. The van der Waals surface area contributed by atoms with E-state index in [0.29, 0.717) is 10.8 Å². The minimum atomic E-state index is 0.441. The van der Waals surface area contributed by atoms with Gasteiger partial charge in [0, 0.05) is 0 Å². The lowest BCUT2D eigenvalue weighted by molar-refractivity contribution is -0.0115. The molecule has 1 atom stereocenters. The third-order valence-electron chi connectivity index (χ3n) is 5.02. The molecule has 0 heteroatoms. The molecule has 1 aliphatic rings. The summed E-state index contributed by atoms with van der Waals surface area (Å²) in [6.45, 7) is 14.6. The maximum absolute atomic E-state index is 2.52. The van der Waals surface area contributed by atoms with E-state index in [1.54, 1.807) is 0 Å². The summed E-state index contributed by atoms with van der Waals surface area (Å²) < 4.78 is 0. The fourth-order valence-corrected chi connectivity index (χ4v) is 3.48. The van der Waals surface area contributed by atoms with E-state index in [2.05, 4.69) is 41.5 Å². The Morgan fingerprint density at radius 1 is 0.929 bits per heavy atom. The summed E-state index contributed by atoms with van der Waals surface area (Å²) in [7, 11) is 0. The molecular formula is C14H28. The largest absolute Gasteiger partial charge is 0.0622 e. The fourth-order valence-electron chi connectivity index (χ4n) is 3.48. The molecule has 0 radical (unpaired) electrons. The van der Waals surface area contributed by atoms with Gasteiger partial charge in [0.15, 0.2) is 0 Å². The van der Waals surface area contributed by atoms with Crippen LogP contribution < -0.4 is 0 Å². The molecule has 0 amide bonds. The predicted molar refractivity (Wildman–Crippen MR) is 64.4 cm³/mol. The van der Waals surface area contributed by atoms with Crippen molar-refractivity contribution < 1.29 is 0 Å². The highest BCUT2D eigenvalue weighted by molar-refractivity contribution is 4.95. The highest BCUT2D eigenvalue weighted by atomic mass is 14.5. The third-order valence-corrected chi connectivity index (χ3v) is 5.02. The Kier molecular flexibility index (Phi) is 3.33. The molecule has 0 bridgehead atoms. The summed E-state index contributed by atoms with van der Waals surface area (Å²) in [6.07, 6.45) is 5.85. The van der Waals surface area contributed by atoms with Crippen molar-refractivity contribution >= 4 is 0 Å². The molecule has 0 aromatic carbocycles. The van der Waals surface area contributed by atoms with E-state index in [1.165, 1.54) is 25.7 Å². The average Bonchev–Trinajstić information content (AvgIpc) is 2.52. The van der Waals surface area contributed by atoms with Crippen LogP contribution in [0.3, 0.4) is 0 Å². The molecule has 0 saturated heterocycles. The van der Waals surface area contributed by atoms with Gasteiger partial charge >= 0.3 is 0 Å². The van der Waals surface area contributed by atoms with Crippen LogP contribution in [0.5, 0.6) is 0 Å². The van der Waals surface area contributed by atoms with Gasteiger partial charge in [0.2, 0.25) is 0 Å². The first-order chi connectivity index (χ1) is 6.30. The fraction of sp³-hybridized carbons (Fsp3) is 1.00. The Balaban J connectivity index is 2.91. The zero-order valence-electron chi connectivity index (χ0n) is 11.0. The molecular weight excluding hydrogens is 168 g/mol. The minimum absolute atomic E-state index is 0.441. The van der Waals surface area contributed by atoms with Crippen LogP contribution in [0.25, 0.3) is 0 Å². The molecule has 0 N–H and O–H groups in total. The van der Waals surface area contributed by atoms with Gasteiger partial charge in [0.25, 0.3) is 0 Å². The Morgan fingerprint density at radius 2 is 1.36 bits per heavy atom. The van der Waals surface area contributed by atoms with Crippen LogP contribution in [0.4, 0.5) is 0 Å². The van der Waals surface area contributed by atoms with Gasteiger partial charge in [-0.25, -0.2) is 0 Å². The summed E-state index contributed by atoms with van der Waals surface area (Å²) in [6, 6.07) is 0. The normalized spacial score (nSPS) is 24.2. The van der Waals surface area contributed by atoms with Crippen LogP contribution in [0.1, 0.15) is 67.2 Å². The molecule has 0 unspecified atom stereocenters. The van der Waals surface area contributed by atoms with Crippen molar-refractivity contribution in [1.82, 2.24) is 0 Å². The molecule has 1 saturated carbocycles. The summed E-state index contributed by atoms with van der Waals surface area (Å²) in [5.41, 5.74) is 0.958. The quantitative estimate of drug-likeness (QED) is 0.590. The van der Waals surface area contributed by atoms with Crippen molar-refractivity contribution in [1.29, 1.82) is 0 Å². The smallest absolute Gasteiger partial charge is 0.0226 e. The van der Waals surface area contributed by atoms with Crippen molar-refractivity contribution in [2.75, 3.05) is 0 Å². The summed E-state index contributed by atoms with van der Waals surface area (Å²) >= 11 is 0. The molecule has 1 rings (SSSR count). The highest BCUT2D eigenvalue weighted by Gasteiger charge is 2.46. The second-order valence-electron chi connectivity index (χ2n) is 6.67. The molecule has 0 nitrogen and oxygen atoms in total.